The summed E-state index contributed by atoms with van der Waals surface area (Å²) in [7, 11) is 0. The second kappa shape index (κ2) is 5.88. The maximum absolute atomic E-state index is 12.8. The van der Waals surface area contributed by atoms with E-state index in [1.807, 2.05) is 29.2 Å². The standard InChI is InChI=1S/C19H17N5O3/c20-17(25)15-5-6-16(24-18(15)21-10-22-24)11-1-3-12(4-2-11)19(26)23-8-14-7-13(23)9-27-14/h1-6,10,13-14H,7-9H2,(H2,20,25)/t13-,14-/m0/s1. The third-order valence-electron chi connectivity index (χ3n) is 5.28. The summed E-state index contributed by atoms with van der Waals surface area (Å²) >= 11 is 0. The fourth-order valence-electron chi connectivity index (χ4n) is 3.92. The van der Waals surface area contributed by atoms with E-state index in [0.29, 0.717) is 29.9 Å². The van der Waals surface area contributed by atoms with Gasteiger partial charge in [-0.25, -0.2) is 9.50 Å². The van der Waals surface area contributed by atoms with Gasteiger partial charge < -0.3 is 15.4 Å². The van der Waals surface area contributed by atoms with Crippen LogP contribution in [-0.2, 0) is 4.74 Å². The van der Waals surface area contributed by atoms with Gasteiger partial charge in [0.1, 0.15) is 6.33 Å². The number of rotatable bonds is 3. The fourth-order valence-corrected chi connectivity index (χ4v) is 3.92. The highest BCUT2D eigenvalue weighted by Gasteiger charge is 2.41. The lowest BCUT2D eigenvalue weighted by atomic mass is 10.1. The number of aromatic nitrogens is 3. The Kier molecular flexibility index (Phi) is 3.48. The molecule has 136 valence electrons. The first-order valence-corrected chi connectivity index (χ1v) is 8.77. The summed E-state index contributed by atoms with van der Waals surface area (Å²) in [4.78, 5) is 30.3. The van der Waals surface area contributed by atoms with Crippen molar-refractivity contribution in [1.29, 1.82) is 0 Å². The number of amides is 2. The average molecular weight is 363 g/mol. The van der Waals surface area contributed by atoms with Crippen LogP contribution in [-0.4, -0.2) is 56.6 Å². The van der Waals surface area contributed by atoms with Crippen molar-refractivity contribution in [3.8, 4) is 11.3 Å². The van der Waals surface area contributed by atoms with Crippen LogP contribution in [0.3, 0.4) is 0 Å². The van der Waals surface area contributed by atoms with Crippen LogP contribution in [0.25, 0.3) is 16.9 Å². The molecule has 1 aromatic carbocycles. The monoisotopic (exact) mass is 363 g/mol. The number of nitrogens with two attached hydrogens (primary N) is 1. The molecule has 5 rings (SSSR count). The maximum atomic E-state index is 12.8. The first-order chi connectivity index (χ1) is 13.1. The first kappa shape index (κ1) is 16.0. The number of fused-ring (bicyclic) bond motifs is 3. The summed E-state index contributed by atoms with van der Waals surface area (Å²) in [6.45, 7) is 1.30. The van der Waals surface area contributed by atoms with Crippen LogP contribution in [0, 0.1) is 0 Å². The van der Waals surface area contributed by atoms with Crippen molar-refractivity contribution in [1.82, 2.24) is 19.5 Å². The lowest BCUT2D eigenvalue weighted by Crippen LogP contribution is -2.41. The van der Waals surface area contributed by atoms with Gasteiger partial charge in [0.05, 0.1) is 30.0 Å². The van der Waals surface area contributed by atoms with E-state index >= 15 is 0 Å². The molecular weight excluding hydrogens is 346 g/mol. The second-order valence-electron chi connectivity index (χ2n) is 6.87. The molecule has 0 unspecified atom stereocenters. The van der Waals surface area contributed by atoms with Gasteiger partial charge in [-0.3, -0.25) is 9.59 Å². The van der Waals surface area contributed by atoms with E-state index < -0.39 is 5.91 Å². The Morgan fingerprint density at radius 1 is 1.15 bits per heavy atom. The highest BCUT2D eigenvalue weighted by molar-refractivity contribution is 5.99. The molecule has 2 N–H and O–H groups in total. The van der Waals surface area contributed by atoms with E-state index in [1.54, 1.807) is 16.6 Å². The molecule has 8 nitrogen and oxygen atoms in total. The van der Waals surface area contributed by atoms with Gasteiger partial charge in [0.15, 0.2) is 5.65 Å². The molecule has 2 amide bonds. The zero-order valence-corrected chi connectivity index (χ0v) is 14.4. The molecule has 0 spiro atoms. The summed E-state index contributed by atoms with van der Waals surface area (Å²) in [5, 5.41) is 4.19. The molecule has 27 heavy (non-hydrogen) atoms. The lowest BCUT2D eigenvalue weighted by molar-refractivity contribution is 0.0259. The first-order valence-electron chi connectivity index (χ1n) is 8.77. The number of carbonyl (C=O) groups excluding carboxylic acids is 2. The van der Waals surface area contributed by atoms with Crippen LogP contribution in [0.1, 0.15) is 27.1 Å². The number of morpholine rings is 1. The van der Waals surface area contributed by atoms with Crippen LogP contribution in [0.4, 0.5) is 0 Å². The molecule has 2 atom stereocenters. The van der Waals surface area contributed by atoms with E-state index in [1.165, 1.54) is 6.33 Å². The fraction of sp³-hybridized carbons (Fsp3) is 0.263. The molecular formula is C19H17N5O3. The van der Waals surface area contributed by atoms with E-state index in [2.05, 4.69) is 10.1 Å². The molecule has 2 bridgehead atoms. The van der Waals surface area contributed by atoms with Crippen LogP contribution in [0.15, 0.2) is 42.7 Å². The van der Waals surface area contributed by atoms with Crippen LogP contribution in [0.5, 0.6) is 0 Å². The number of benzene rings is 1. The summed E-state index contributed by atoms with van der Waals surface area (Å²) in [6, 6.07) is 11.0. The number of hydrogen-bond donors (Lipinski definition) is 1. The highest BCUT2D eigenvalue weighted by Crippen LogP contribution is 2.29. The number of carbonyl (C=O) groups is 2. The number of ether oxygens (including phenoxy) is 1. The number of pyridine rings is 1. The van der Waals surface area contributed by atoms with Gasteiger partial charge in [0, 0.05) is 17.7 Å². The normalized spacial score (nSPS) is 21.1. The number of hydrogen-bond acceptors (Lipinski definition) is 5. The SMILES string of the molecule is NC(=O)c1ccc(-c2ccc(C(=O)N3C[C@@H]4C[C@H]3CO4)cc2)n2ncnc12. The van der Waals surface area contributed by atoms with Crippen LogP contribution >= 0.6 is 0 Å². The molecule has 0 saturated carbocycles. The predicted molar refractivity (Wildman–Crippen MR) is 96.1 cm³/mol. The summed E-state index contributed by atoms with van der Waals surface area (Å²) in [5.41, 5.74) is 8.40. The van der Waals surface area contributed by atoms with Gasteiger partial charge in [-0.2, -0.15) is 5.10 Å². The molecule has 2 aliphatic heterocycles. The summed E-state index contributed by atoms with van der Waals surface area (Å²) in [5.74, 6) is -0.517. The molecule has 8 heteroatoms. The van der Waals surface area contributed by atoms with Crippen molar-refractivity contribution in [2.24, 2.45) is 5.73 Å². The van der Waals surface area contributed by atoms with Crippen LogP contribution in [0.2, 0.25) is 0 Å². The molecule has 2 aromatic heterocycles. The van der Waals surface area contributed by atoms with E-state index in [4.69, 9.17) is 10.5 Å². The Morgan fingerprint density at radius 3 is 2.63 bits per heavy atom. The maximum Gasteiger partial charge on any atom is 0.254 e. The summed E-state index contributed by atoms with van der Waals surface area (Å²) < 4.78 is 7.14. The zero-order chi connectivity index (χ0) is 18.5. The molecule has 4 heterocycles. The van der Waals surface area contributed by atoms with Gasteiger partial charge in [-0.15, -0.1) is 0 Å². The Balaban J connectivity index is 1.47. The quantitative estimate of drug-likeness (QED) is 0.751. The van der Waals surface area contributed by atoms with Crippen molar-refractivity contribution in [2.45, 2.75) is 18.6 Å². The van der Waals surface area contributed by atoms with E-state index in [0.717, 1.165) is 17.7 Å². The molecule has 0 aliphatic carbocycles. The Morgan fingerprint density at radius 2 is 1.96 bits per heavy atom. The molecule has 2 fully saturated rings. The topological polar surface area (TPSA) is 103 Å². The molecule has 2 aliphatic rings. The number of nitrogens with zero attached hydrogens (tertiary/aromatic N) is 4. The summed E-state index contributed by atoms with van der Waals surface area (Å²) in [6.07, 6.45) is 2.50. The highest BCUT2D eigenvalue weighted by atomic mass is 16.5. The van der Waals surface area contributed by atoms with Gasteiger partial charge in [-0.1, -0.05) is 12.1 Å². The minimum Gasteiger partial charge on any atom is -0.374 e. The minimum absolute atomic E-state index is 0.0346. The van der Waals surface area contributed by atoms with Gasteiger partial charge in [0.25, 0.3) is 11.8 Å². The van der Waals surface area contributed by atoms with Crippen molar-refractivity contribution in [2.75, 3.05) is 13.2 Å². The number of likely N-dealkylation sites (tertiary alicyclic amines) is 1. The predicted octanol–water partition coefficient (Wildman–Crippen LogP) is 1.11. The van der Waals surface area contributed by atoms with Crippen molar-refractivity contribution < 1.29 is 14.3 Å². The van der Waals surface area contributed by atoms with E-state index in [9.17, 15) is 9.59 Å². The van der Waals surface area contributed by atoms with E-state index in [-0.39, 0.29) is 18.1 Å². The van der Waals surface area contributed by atoms with Crippen molar-refractivity contribution in [3.63, 3.8) is 0 Å². The second-order valence-corrected chi connectivity index (χ2v) is 6.87. The van der Waals surface area contributed by atoms with Crippen molar-refractivity contribution >= 4 is 17.5 Å². The third-order valence-corrected chi connectivity index (χ3v) is 5.28. The van der Waals surface area contributed by atoms with Gasteiger partial charge >= 0.3 is 0 Å². The molecule has 2 saturated heterocycles. The smallest absolute Gasteiger partial charge is 0.254 e. The van der Waals surface area contributed by atoms with Crippen LogP contribution < -0.4 is 5.73 Å². The average Bonchev–Trinajstić information content (AvgIpc) is 3.43. The van der Waals surface area contributed by atoms with Gasteiger partial charge in [-0.05, 0) is 30.7 Å². The Labute approximate surface area is 154 Å². The lowest BCUT2D eigenvalue weighted by Gasteiger charge is -2.27. The Bertz CT molecular complexity index is 1060. The molecule has 3 aromatic rings. The van der Waals surface area contributed by atoms with Gasteiger partial charge in [0.2, 0.25) is 0 Å². The molecule has 0 radical (unpaired) electrons. The Hall–Kier alpha value is -3.26. The largest absolute Gasteiger partial charge is 0.374 e. The third kappa shape index (κ3) is 2.48. The minimum atomic E-state index is -0.551. The zero-order valence-electron chi connectivity index (χ0n) is 14.4. The number of primary amides is 1. The van der Waals surface area contributed by atoms with Crippen molar-refractivity contribution in [3.05, 3.63) is 53.9 Å².